The minimum atomic E-state index is -3.02. The van der Waals surface area contributed by atoms with E-state index in [0.29, 0.717) is 5.69 Å². The number of rotatable bonds is 6. The number of carbonyl (C=O) groups is 1. The minimum Gasteiger partial charge on any atom is -0.435 e. The summed E-state index contributed by atoms with van der Waals surface area (Å²) in [5.74, 6) is -0.811. The molecule has 0 bridgehead atoms. The van der Waals surface area contributed by atoms with E-state index in [-0.39, 0.29) is 27.1 Å². The van der Waals surface area contributed by atoms with Gasteiger partial charge in [-0.25, -0.2) is 0 Å². The number of hydrogen-bond acceptors (Lipinski definition) is 6. The van der Waals surface area contributed by atoms with E-state index >= 15 is 0 Å². The van der Waals surface area contributed by atoms with Crippen molar-refractivity contribution in [2.75, 3.05) is 0 Å². The Hall–Kier alpha value is -3.92. The molecule has 31 heavy (non-hydrogen) atoms. The SMILES string of the molecule is O=C(c1ccc(OC(F)F)cc1)c1c([N+](=O)[O-])sc2c1ccc(=O)n2-c1ccccc1. The van der Waals surface area contributed by atoms with Crippen LogP contribution in [0.4, 0.5) is 13.8 Å². The van der Waals surface area contributed by atoms with Gasteiger partial charge in [-0.1, -0.05) is 18.2 Å². The number of ketones is 1. The molecule has 0 saturated heterocycles. The zero-order chi connectivity index (χ0) is 22.1. The molecule has 4 aromatic rings. The molecule has 0 saturated carbocycles. The van der Waals surface area contributed by atoms with E-state index in [4.69, 9.17) is 0 Å². The monoisotopic (exact) mass is 442 g/mol. The molecule has 2 heterocycles. The molecule has 0 amide bonds. The quantitative estimate of drug-likeness (QED) is 0.243. The van der Waals surface area contributed by atoms with Crippen molar-refractivity contribution in [1.29, 1.82) is 0 Å². The highest BCUT2D eigenvalue weighted by atomic mass is 32.1. The molecule has 0 aliphatic rings. The predicted octanol–water partition coefficient (Wildman–Crippen LogP) is 4.79. The number of nitro groups is 1. The summed E-state index contributed by atoms with van der Waals surface area (Å²) in [4.78, 5) is 37.0. The summed E-state index contributed by atoms with van der Waals surface area (Å²) in [6, 6.07) is 16.0. The standard InChI is InChI=1S/C21H12F2N2O5S/c22-21(23)30-14-8-6-12(7-9-14)18(27)17-15-10-11-16(26)24(13-4-2-1-3-5-13)19(15)31-20(17)25(28)29/h1-11,21H. The average molecular weight is 442 g/mol. The van der Waals surface area contributed by atoms with Gasteiger partial charge in [-0.3, -0.25) is 24.3 Å². The van der Waals surface area contributed by atoms with Crippen LogP contribution in [0.3, 0.4) is 0 Å². The molecular formula is C21H12F2N2O5S. The van der Waals surface area contributed by atoms with Crippen LogP contribution in [0.2, 0.25) is 0 Å². The lowest BCUT2D eigenvalue weighted by atomic mass is 10.0. The fraction of sp³-hybridized carbons (Fsp3) is 0.0476. The fourth-order valence-electron chi connectivity index (χ4n) is 3.17. The van der Waals surface area contributed by atoms with Gasteiger partial charge < -0.3 is 4.74 Å². The fourth-order valence-corrected chi connectivity index (χ4v) is 4.30. The molecule has 7 nitrogen and oxygen atoms in total. The number of nitrogens with zero attached hydrogens (tertiary/aromatic N) is 2. The Labute approximate surface area is 176 Å². The van der Waals surface area contributed by atoms with Gasteiger partial charge in [-0.2, -0.15) is 8.78 Å². The third-order valence-corrected chi connectivity index (χ3v) is 5.61. The number of aromatic nitrogens is 1. The van der Waals surface area contributed by atoms with E-state index < -0.39 is 27.9 Å². The predicted molar refractivity (Wildman–Crippen MR) is 111 cm³/mol. The normalized spacial score (nSPS) is 11.1. The van der Waals surface area contributed by atoms with E-state index in [1.807, 2.05) is 0 Å². The van der Waals surface area contributed by atoms with Gasteiger partial charge in [-0.15, -0.1) is 0 Å². The Morgan fingerprint density at radius 1 is 1.03 bits per heavy atom. The van der Waals surface area contributed by atoms with Crippen LogP contribution in [0, 0.1) is 10.1 Å². The molecule has 0 unspecified atom stereocenters. The summed E-state index contributed by atoms with van der Waals surface area (Å²) in [5, 5.41) is 11.5. The molecule has 0 aliphatic carbocycles. The molecule has 0 fully saturated rings. The van der Waals surface area contributed by atoms with Gasteiger partial charge in [-0.05, 0) is 53.8 Å². The summed E-state index contributed by atoms with van der Waals surface area (Å²) in [6.07, 6.45) is 0. The number of para-hydroxylation sites is 1. The number of benzene rings is 2. The Balaban J connectivity index is 1.90. The van der Waals surface area contributed by atoms with Crippen molar-refractivity contribution >= 4 is 32.3 Å². The van der Waals surface area contributed by atoms with Gasteiger partial charge >= 0.3 is 11.6 Å². The molecule has 2 aromatic carbocycles. The van der Waals surface area contributed by atoms with Crippen LogP contribution in [-0.4, -0.2) is 21.9 Å². The number of thiophene rings is 1. The molecule has 0 N–H and O–H groups in total. The number of carbonyl (C=O) groups excluding carboxylic acids is 1. The zero-order valence-electron chi connectivity index (χ0n) is 15.5. The molecule has 10 heteroatoms. The van der Waals surface area contributed by atoms with Crippen LogP contribution in [-0.2, 0) is 0 Å². The lowest BCUT2D eigenvalue weighted by Crippen LogP contribution is -2.16. The molecule has 0 atom stereocenters. The third-order valence-electron chi connectivity index (χ3n) is 4.47. The second kappa shape index (κ2) is 8.07. The second-order valence-electron chi connectivity index (χ2n) is 6.33. The second-order valence-corrected chi connectivity index (χ2v) is 7.31. The van der Waals surface area contributed by atoms with E-state index in [0.717, 1.165) is 11.3 Å². The summed E-state index contributed by atoms with van der Waals surface area (Å²) < 4.78 is 30.2. The number of pyridine rings is 1. The van der Waals surface area contributed by atoms with Crippen molar-refractivity contribution < 1.29 is 23.2 Å². The van der Waals surface area contributed by atoms with E-state index in [1.165, 1.54) is 41.0 Å². The maximum Gasteiger partial charge on any atom is 0.387 e. The Morgan fingerprint density at radius 3 is 2.32 bits per heavy atom. The first-order valence-corrected chi connectivity index (χ1v) is 9.66. The highest BCUT2D eigenvalue weighted by Crippen LogP contribution is 2.38. The highest BCUT2D eigenvalue weighted by Gasteiger charge is 2.29. The lowest BCUT2D eigenvalue weighted by molar-refractivity contribution is -0.380. The number of halogens is 2. The number of ether oxygens (including phenoxy) is 1. The summed E-state index contributed by atoms with van der Waals surface area (Å²) in [5.41, 5.74) is -0.0109. The average Bonchev–Trinajstić information content (AvgIpc) is 3.13. The molecule has 0 radical (unpaired) electrons. The topological polar surface area (TPSA) is 91.4 Å². The number of fused-ring (bicyclic) bond motifs is 1. The first-order valence-electron chi connectivity index (χ1n) is 8.85. The van der Waals surface area contributed by atoms with Crippen LogP contribution in [0.25, 0.3) is 15.9 Å². The van der Waals surface area contributed by atoms with Crippen LogP contribution < -0.4 is 10.3 Å². The van der Waals surface area contributed by atoms with Crippen LogP contribution >= 0.6 is 11.3 Å². The summed E-state index contributed by atoms with van der Waals surface area (Å²) >= 11 is 0.721. The van der Waals surface area contributed by atoms with E-state index in [9.17, 15) is 28.5 Å². The molecule has 156 valence electrons. The van der Waals surface area contributed by atoms with Crippen molar-refractivity contribution in [3.63, 3.8) is 0 Å². The molecule has 0 spiro atoms. The third kappa shape index (κ3) is 3.80. The van der Waals surface area contributed by atoms with Gasteiger partial charge in [0.15, 0.2) is 0 Å². The first-order chi connectivity index (χ1) is 14.9. The van der Waals surface area contributed by atoms with E-state index in [2.05, 4.69) is 4.74 Å². The lowest BCUT2D eigenvalue weighted by Gasteiger charge is -2.07. The molecule has 4 rings (SSSR count). The molecule has 0 aliphatic heterocycles. The maximum absolute atomic E-state index is 13.1. The van der Waals surface area contributed by atoms with Crippen molar-refractivity contribution in [3.8, 4) is 11.4 Å². The number of alkyl halides is 2. The van der Waals surface area contributed by atoms with Gasteiger partial charge in [0.05, 0.1) is 10.6 Å². The van der Waals surface area contributed by atoms with Gasteiger partial charge in [0, 0.05) is 17.0 Å². The Bertz CT molecular complexity index is 1350. The van der Waals surface area contributed by atoms with Crippen molar-refractivity contribution in [1.82, 2.24) is 4.57 Å². The molecule has 2 aromatic heterocycles. The minimum absolute atomic E-state index is 0.0573. The van der Waals surface area contributed by atoms with Crippen molar-refractivity contribution in [3.05, 3.63) is 98.3 Å². The number of hydrogen-bond donors (Lipinski definition) is 0. The van der Waals surface area contributed by atoms with Gasteiger partial charge in [0.2, 0.25) is 5.78 Å². The van der Waals surface area contributed by atoms with Crippen molar-refractivity contribution in [2.45, 2.75) is 6.61 Å². The van der Waals surface area contributed by atoms with Crippen LogP contribution in [0.5, 0.6) is 5.75 Å². The largest absolute Gasteiger partial charge is 0.435 e. The smallest absolute Gasteiger partial charge is 0.387 e. The maximum atomic E-state index is 13.1. The summed E-state index contributed by atoms with van der Waals surface area (Å²) in [7, 11) is 0. The Kier molecular flexibility index (Phi) is 5.30. The Morgan fingerprint density at radius 2 is 1.71 bits per heavy atom. The molecular weight excluding hydrogens is 430 g/mol. The van der Waals surface area contributed by atoms with Crippen molar-refractivity contribution in [2.24, 2.45) is 0 Å². The summed E-state index contributed by atoms with van der Waals surface area (Å²) in [6.45, 7) is -3.02. The van der Waals surface area contributed by atoms with Crippen LogP contribution in [0.1, 0.15) is 15.9 Å². The first kappa shape index (κ1) is 20.4. The van der Waals surface area contributed by atoms with Gasteiger partial charge in [0.1, 0.15) is 16.1 Å². The zero-order valence-corrected chi connectivity index (χ0v) is 16.3. The van der Waals surface area contributed by atoms with Gasteiger partial charge in [0.25, 0.3) is 5.56 Å². The highest BCUT2D eigenvalue weighted by molar-refractivity contribution is 7.22. The van der Waals surface area contributed by atoms with Crippen LogP contribution in [0.15, 0.2) is 71.5 Å². The van der Waals surface area contributed by atoms with E-state index in [1.54, 1.807) is 30.3 Å².